The maximum absolute atomic E-state index is 5.95. The summed E-state index contributed by atoms with van der Waals surface area (Å²) in [5.74, 6) is 1.63. The van der Waals surface area contributed by atoms with Gasteiger partial charge < -0.3 is 14.2 Å². The molecule has 4 atom stereocenters. The van der Waals surface area contributed by atoms with E-state index in [9.17, 15) is 0 Å². The molecule has 1 saturated heterocycles. The molecule has 0 amide bonds. The predicted octanol–water partition coefficient (Wildman–Crippen LogP) is 2.98. The van der Waals surface area contributed by atoms with E-state index in [0.29, 0.717) is 37.5 Å². The summed E-state index contributed by atoms with van der Waals surface area (Å²) in [5.41, 5.74) is 1.45. The van der Waals surface area contributed by atoms with Crippen LogP contribution >= 0.6 is 11.6 Å². The average molecular weight is 275 g/mol. The first-order valence-electron chi connectivity index (χ1n) is 6.77. The second-order valence-electron chi connectivity index (χ2n) is 5.36. The van der Waals surface area contributed by atoms with Crippen LogP contribution in [0.25, 0.3) is 0 Å². The Kier molecular flexibility index (Phi) is 5.49. The Morgan fingerprint density at radius 3 is 3.11 bits per heavy atom. The van der Waals surface area contributed by atoms with E-state index >= 15 is 0 Å². The zero-order valence-electron chi connectivity index (χ0n) is 11.2. The predicted molar refractivity (Wildman–Crippen MR) is 71.8 cm³/mol. The van der Waals surface area contributed by atoms with Crippen molar-refractivity contribution in [2.45, 2.75) is 39.1 Å². The Labute approximate surface area is 114 Å². The summed E-state index contributed by atoms with van der Waals surface area (Å²) in [6, 6.07) is 0. The van der Waals surface area contributed by atoms with E-state index in [1.54, 1.807) is 0 Å². The lowest BCUT2D eigenvalue weighted by Crippen LogP contribution is -2.30. The first-order chi connectivity index (χ1) is 8.70. The molecular formula is C14H23ClO3. The summed E-state index contributed by atoms with van der Waals surface area (Å²) in [4.78, 5) is 0. The molecule has 3 nitrogen and oxygen atoms in total. The van der Waals surface area contributed by atoms with Gasteiger partial charge in [-0.1, -0.05) is 18.6 Å². The molecule has 4 heteroatoms. The third-order valence-corrected chi connectivity index (χ3v) is 3.93. The molecule has 1 fully saturated rings. The van der Waals surface area contributed by atoms with Crippen LogP contribution in [0.3, 0.4) is 0 Å². The molecule has 0 saturated carbocycles. The summed E-state index contributed by atoms with van der Waals surface area (Å²) in [6.07, 6.45) is 4.55. The first-order valence-corrected chi connectivity index (χ1v) is 7.30. The Morgan fingerprint density at radius 2 is 2.33 bits per heavy atom. The summed E-state index contributed by atoms with van der Waals surface area (Å²) in [6.45, 7) is 6.26. The number of hydrogen-bond acceptors (Lipinski definition) is 3. The van der Waals surface area contributed by atoms with Gasteiger partial charge in [-0.05, 0) is 25.7 Å². The molecule has 0 radical (unpaired) electrons. The van der Waals surface area contributed by atoms with Gasteiger partial charge in [-0.2, -0.15) is 0 Å². The number of ether oxygens (including phenoxy) is 3. The fourth-order valence-corrected chi connectivity index (χ4v) is 2.74. The normalized spacial score (nSPS) is 36.7. The van der Waals surface area contributed by atoms with Gasteiger partial charge in [-0.3, -0.25) is 0 Å². The largest absolute Gasteiger partial charge is 0.377 e. The van der Waals surface area contributed by atoms with Crippen molar-refractivity contribution < 1.29 is 14.2 Å². The molecule has 0 aromatic heterocycles. The highest BCUT2D eigenvalue weighted by molar-refractivity contribution is 6.17. The van der Waals surface area contributed by atoms with Gasteiger partial charge in [0.25, 0.3) is 0 Å². The van der Waals surface area contributed by atoms with E-state index in [2.05, 4.69) is 19.9 Å². The van der Waals surface area contributed by atoms with Crippen molar-refractivity contribution in [2.75, 3.05) is 25.7 Å². The zero-order valence-corrected chi connectivity index (χ0v) is 12.0. The molecule has 18 heavy (non-hydrogen) atoms. The van der Waals surface area contributed by atoms with E-state index < -0.39 is 0 Å². The van der Waals surface area contributed by atoms with Crippen LogP contribution in [0.2, 0.25) is 0 Å². The van der Waals surface area contributed by atoms with Crippen LogP contribution < -0.4 is 0 Å². The smallest absolute Gasteiger partial charge is 0.161 e. The zero-order chi connectivity index (χ0) is 13.0. The van der Waals surface area contributed by atoms with Crippen LogP contribution in [-0.2, 0) is 14.2 Å². The first kappa shape index (κ1) is 14.3. The Morgan fingerprint density at radius 1 is 1.50 bits per heavy atom. The van der Waals surface area contributed by atoms with Gasteiger partial charge in [-0.25, -0.2) is 0 Å². The summed E-state index contributed by atoms with van der Waals surface area (Å²) >= 11 is 5.57. The molecule has 0 unspecified atom stereocenters. The molecule has 2 aliphatic rings. The number of alkyl halides is 1. The molecule has 104 valence electrons. The number of hydrogen-bond donors (Lipinski definition) is 0. The molecule has 0 spiro atoms. The van der Waals surface area contributed by atoms with E-state index in [1.165, 1.54) is 5.57 Å². The van der Waals surface area contributed by atoms with Crippen LogP contribution in [-0.4, -0.2) is 38.1 Å². The van der Waals surface area contributed by atoms with Gasteiger partial charge in [0.05, 0.1) is 19.8 Å². The molecule has 0 N–H and O–H groups in total. The lowest BCUT2D eigenvalue weighted by molar-refractivity contribution is -0.118. The molecule has 0 aromatic rings. The van der Waals surface area contributed by atoms with Gasteiger partial charge in [0.2, 0.25) is 0 Å². The van der Waals surface area contributed by atoms with Gasteiger partial charge >= 0.3 is 0 Å². The van der Waals surface area contributed by atoms with Crippen molar-refractivity contribution in [3.63, 3.8) is 0 Å². The third kappa shape index (κ3) is 3.70. The third-order valence-electron chi connectivity index (χ3n) is 3.77. The summed E-state index contributed by atoms with van der Waals surface area (Å²) in [5, 5.41) is 0. The summed E-state index contributed by atoms with van der Waals surface area (Å²) in [7, 11) is 0. The number of allylic oxidation sites excluding steroid dienone is 2. The van der Waals surface area contributed by atoms with Gasteiger partial charge in [0.1, 0.15) is 6.10 Å². The van der Waals surface area contributed by atoms with Gasteiger partial charge in [0.15, 0.2) is 6.29 Å². The highest BCUT2D eigenvalue weighted by Crippen LogP contribution is 2.35. The maximum atomic E-state index is 5.95. The Balaban J connectivity index is 1.79. The molecule has 1 aliphatic carbocycles. The van der Waals surface area contributed by atoms with Crippen molar-refractivity contribution in [1.82, 2.24) is 0 Å². The van der Waals surface area contributed by atoms with E-state index in [0.717, 1.165) is 12.8 Å². The van der Waals surface area contributed by atoms with Crippen molar-refractivity contribution in [1.29, 1.82) is 0 Å². The monoisotopic (exact) mass is 274 g/mol. The van der Waals surface area contributed by atoms with Gasteiger partial charge in [-0.15, -0.1) is 11.6 Å². The standard InChI is InChI=1S/C14H23ClO3/c1-10-3-4-11(2)13(7-10)14-17-9-12(18-14)8-16-6-5-15/h3,11-14H,4-9H2,1-2H3/t11-,12+,13+,14-/m0/s1. The summed E-state index contributed by atoms with van der Waals surface area (Å²) < 4.78 is 17.1. The van der Waals surface area contributed by atoms with Crippen LogP contribution in [0.15, 0.2) is 11.6 Å². The maximum Gasteiger partial charge on any atom is 0.161 e. The Hall–Kier alpha value is -0.0900. The highest BCUT2D eigenvalue weighted by Gasteiger charge is 2.36. The topological polar surface area (TPSA) is 27.7 Å². The highest BCUT2D eigenvalue weighted by atomic mass is 35.5. The second kappa shape index (κ2) is 6.90. The SMILES string of the molecule is CC1=CC[C@H](C)[C@H]([C@H]2OC[C@@H](COCCCl)O2)C1. The minimum Gasteiger partial charge on any atom is -0.377 e. The lowest BCUT2D eigenvalue weighted by atomic mass is 9.81. The van der Waals surface area contributed by atoms with Crippen molar-refractivity contribution in [3.8, 4) is 0 Å². The fraction of sp³-hybridized carbons (Fsp3) is 0.857. The van der Waals surface area contributed by atoms with Crippen LogP contribution in [0, 0.1) is 11.8 Å². The van der Waals surface area contributed by atoms with Crippen molar-refractivity contribution in [3.05, 3.63) is 11.6 Å². The molecule has 0 aromatic carbocycles. The average Bonchev–Trinajstić information content (AvgIpc) is 2.81. The molecule has 2 rings (SSSR count). The molecule has 1 aliphatic heterocycles. The molecular weight excluding hydrogens is 252 g/mol. The number of halogens is 1. The number of rotatable bonds is 5. The second-order valence-corrected chi connectivity index (χ2v) is 5.73. The minimum absolute atomic E-state index is 0.0618. The van der Waals surface area contributed by atoms with Crippen LogP contribution in [0.5, 0.6) is 0 Å². The van der Waals surface area contributed by atoms with E-state index in [4.69, 9.17) is 25.8 Å². The van der Waals surface area contributed by atoms with Crippen molar-refractivity contribution >= 4 is 11.6 Å². The minimum atomic E-state index is -0.0618. The van der Waals surface area contributed by atoms with Crippen molar-refractivity contribution in [2.24, 2.45) is 11.8 Å². The van der Waals surface area contributed by atoms with Gasteiger partial charge in [0, 0.05) is 11.8 Å². The quantitative estimate of drug-likeness (QED) is 0.438. The lowest BCUT2D eigenvalue weighted by Gasteiger charge is -2.31. The molecule has 0 bridgehead atoms. The van der Waals surface area contributed by atoms with Crippen LogP contribution in [0.4, 0.5) is 0 Å². The Bertz CT molecular complexity index is 293. The van der Waals surface area contributed by atoms with Crippen LogP contribution in [0.1, 0.15) is 26.7 Å². The molecule has 1 heterocycles. The fourth-order valence-electron chi connectivity index (χ4n) is 2.63. The van der Waals surface area contributed by atoms with E-state index in [1.807, 2.05) is 0 Å². The van der Waals surface area contributed by atoms with E-state index in [-0.39, 0.29) is 12.4 Å².